The Morgan fingerprint density at radius 1 is 1.30 bits per heavy atom. The number of anilines is 1. The summed E-state index contributed by atoms with van der Waals surface area (Å²) in [5.74, 6) is -0.986. The average Bonchev–Trinajstić information content (AvgIpc) is 2.55. The van der Waals surface area contributed by atoms with Crippen LogP contribution in [0.2, 0.25) is 0 Å². The second-order valence-corrected chi connectivity index (χ2v) is 4.61. The summed E-state index contributed by atoms with van der Waals surface area (Å²) in [4.78, 5) is 35.7. The molecule has 1 atom stereocenters. The fourth-order valence-corrected chi connectivity index (χ4v) is 1.98. The molecule has 1 aliphatic heterocycles. The summed E-state index contributed by atoms with van der Waals surface area (Å²) >= 11 is 0. The molecule has 0 bridgehead atoms. The monoisotopic (exact) mass is 275 g/mol. The first-order valence-electron chi connectivity index (χ1n) is 6.59. The van der Waals surface area contributed by atoms with Crippen molar-refractivity contribution in [3.63, 3.8) is 0 Å². The predicted octanol–water partition coefficient (Wildman–Crippen LogP) is 0.653. The second kappa shape index (κ2) is 6.18. The van der Waals surface area contributed by atoms with Gasteiger partial charge in [-0.25, -0.2) is 0 Å². The van der Waals surface area contributed by atoms with Gasteiger partial charge in [-0.15, -0.1) is 0 Å². The number of hydrogen-bond acceptors (Lipinski definition) is 3. The summed E-state index contributed by atoms with van der Waals surface area (Å²) in [6.45, 7) is 2.50. The summed E-state index contributed by atoms with van der Waals surface area (Å²) in [7, 11) is 0. The summed E-state index contributed by atoms with van der Waals surface area (Å²) < 4.78 is 0. The van der Waals surface area contributed by atoms with Gasteiger partial charge in [0.1, 0.15) is 6.04 Å². The maximum atomic E-state index is 12.0. The number of fused-ring (bicyclic) bond motifs is 1. The van der Waals surface area contributed by atoms with Crippen molar-refractivity contribution >= 4 is 23.4 Å². The van der Waals surface area contributed by atoms with Crippen LogP contribution in [0.25, 0.3) is 0 Å². The van der Waals surface area contributed by atoms with E-state index in [1.165, 1.54) is 0 Å². The van der Waals surface area contributed by atoms with Crippen LogP contribution in [-0.4, -0.2) is 30.3 Å². The van der Waals surface area contributed by atoms with Crippen molar-refractivity contribution in [2.75, 3.05) is 11.9 Å². The maximum absolute atomic E-state index is 12.0. The van der Waals surface area contributed by atoms with Crippen LogP contribution in [0.15, 0.2) is 24.3 Å². The Morgan fingerprint density at radius 3 is 2.80 bits per heavy atom. The molecule has 1 aromatic rings. The molecule has 20 heavy (non-hydrogen) atoms. The first-order chi connectivity index (χ1) is 9.61. The smallest absolute Gasteiger partial charge is 0.254 e. The number of carbonyl (C=O) groups excluding carboxylic acids is 3. The van der Waals surface area contributed by atoms with E-state index in [9.17, 15) is 14.4 Å². The molecule has 0 saturated carbocycles. The lowest BCUT2D eigenvalue weighted by Gasteiger charge is -2.14. The van der Waals surface area contributed by atoms with Gasteiger partial charge in [-0.2, -0.15) is 0 Å². The quantitative estimate of drug-likeness (QED) is 0.754. The lowest BCUT2D eigenvalue weighted by molar-refractivity contribution is -0.125. The van der Waals surface area contributed by atoms with Gasteiger partial charge in [0.25, 0.3) is 5.91 Å². The Balaban J connectivity index is 2.09. The van der Waals surface area contributed by atoms with Crippen molar-refractivity contribution < 1.29 is 14.4 Å². The summed E-state index contributed by atoms with van der Waals surface area (Å²) in [6, 6.07) is 5.89. The van der Waals surface area contributed by atoms with E-state index in [0.29, 0.717) is 17.8 Å². The Hall–Kier alpha value is -2.37. The molecule has 0 saturated heterocycles. The van der Waals surface area contributed by atoms with E-state index >= 15 is 0 Å². The number of benzene rings is 1. The second-order valence-electron chi connectivity index (χ2n) is 4.61. The highest BCUT2D eigenvalue weighted by Gasteiger charge is 2.29. The first-order valence-corrected chi connectivity index (χ1v) is 6.59. The van der Waals surface area contributed by atoms with Crippen molar-refractivity contribution in [1.82, 2.24) is 10.6 Å². The molecular formula is C14H17N3O3. The zero-order valence-electron chi connectivity index (χ0n) is 11.2. The molecule has 0 aromatic heterocycles. The lowest BCUT2D eigenvalue weighted by Crippen LogP contribution is -2.44. The number of rotatable bonds is 4. The average molecular weight is 275 g/mol. The minimum atomic E-state index is -0.855. The van der Waals surface area contributed by atoms with E-state index in [1.807, 2.05) is 6.92 Å². The number of hydrogen-bond donors (Lipinski definition) is 3. The minimum absolute atomic E-state index is 0.0639. The molecule has 1 aliphatic rings. The van der Waals surface area contributed by atoms with Crippen LogP contribution in [0, 0.1) is 0 Å². The van der Waals surface area contributed by atoms with E-state index < -0.39 is 6.04 Å². The van der Waals surface area contributed by atoms with Gasteiger partial charge in [0.2, 0.25) is 11.8 Å². The highest BCUT2D eigenvalue weighted by molar-refractivity contribution is 6.10. The van der Waals surface area contributed by atoms with Crippen molar-refractivity contribution in [2.24, 2.45) is 0 Å². The van der Waals surface area contributed by atoms with E-state index in [4.69, 9.17) is 0 Å². The van der Waals surface area contributed by atoms with Gasteiger partial charge >= 0.3 is 0 Å². The molecule has 6 nitrogen and oxygen atoms in total. The molecule has 0 unspecified atom stereocenters. The van der Waals surface area contributed by atoms with Gasteiger partial charge < -0.3 is 16.0 Å². The maximum Gasteiger partial charge on any atom is 0.254 e. The summed E-state index contributed by atoms with van der Waals surface area (Å²) in [5.41, 5.74) is 0.865. The molecular weight excluding hydrogens is 258 g/mol. The molecule has 0 spiro atoms. The van der Waals surface area contributed by atoms with E-state index in [-0.39, 0.29) is 24.1 Å². The van der Waals surface area contributed by atoms with Crippen molar-refractivity contribution in [3.8, 4) is 0 Å². The highest BCUT2D eigenvalue weighted by atomic mass is 16.2. The van der Waals surface area contributed by atoms with Crippen LogP contribution in [0.3, 0.4) is 0 Å². The normalized spacial score (nSPS) is 17.6. The van der Waals surface area contributed by atoms with Crippen LogP contribution in [0.4, 0.5) is 5.69 Å². The number of amides is 3. The van der Waals surface area contributed by atoms with Crippen molar-refractivity contribution in [3.05, 3.63) is 29.8 Å². The third-order valence-corrected chi connectivity index (χ3v) is 3.01. The van der Waals surface area contributed by atoms with Gasteiger partial charge in [0.15, 0.2) is 0 Å². The molecule has 1 heterocycles. The topological polar surface area (TPSA) is 87.3 Å². The van der Waals surface area contributed by atoms with Gasteiger partial charge in [-0.1, -0.05) is 19.1 Å². The van der Waals surface area contributed by atoms with Gasteiger partial charge in [0.05, 0.1) is 17.7 Å². The summed E-state index contributed by atoms with van der Waals surface area (Å²) in [5, 5.41) is 7.93. The third-order valence-electron chi connectivity index (χ3n) is 3.01. The molecule has 6 heteroatoms. The van der Waals surface area contributed by atoms with E-state index in [0.717, 1.165) is 6.42 Å². The van der Waals surface area contributed by atoms with Crippen molar-refractivity contribution in [2.45, 2.75) is 25.8 Å². The number of nitrogens with one attached hydrogen (secondary N) is 3. The third kappa shape index (κ3) is 3.14. The highest BCUT2D eigenvalue weighted by Crippen LogP contribution is 2.18. The predicted molar refractivity (Wildman–Crippen MR) is 74.2 cm³/mol. The van der Waals surface area contributed by atoms with Gasteiger partial charge in [-0.05, 0) is 18.6 Å². The van der Waals surface area contributed by atoms with E-state index in [1.54, 1.807) is 24.3 Å². The van der Waals surface area contributed by atoms with Crippen LogP contribution < -0.4 is 16.0 Å². The number of carbonyl (C=O) groups is 3. The van der Waals surface area contributed by atoms with Gasteiger partial charge in [-0.3, -0.25) is 14.4 Å². The zero-order valence-corrected chi connectivity index (χ0v) is 11.2. The standard InChI is InChI=1S/C14H17N3O3/c1-2-7-15-12(18)8-11-14(20)16-10-6-4-3-5-9(10)13(19)17-11/h3-6,11H,2,7-8H2,1H3,(H,15,18)(H,16,20)(H,17,19)/t11-/m0/s1. The molecule has 1 aromatic carbocycles. The van der Waals surface area contributed by atoms with Gasteiger partial charge in [0, 0.05) is 6.54 Å². The molecule has 106 valence electrons. The fourth-order valence-electron chi connectivity index (χ4n) is 1.98. The largest absolute Gasteiger partial charge is 0.356 e. The number of para-hydroxylation sites is 1. The van der Waals surface area contributed by atoms with E-state index in [2.05, 4.69) is 16.0 Å². The summed E-state index contributed by atoms with van der Waals surface area (Å²) in [6.07, 6.45) is 0.756. The van der Waals surface area contributed by atoms with Crippen LogP contribution >= 0.6 is 0 Å². The Labute approximate surface area is 116 Å². The SMILES string of the molecule is CCCNC(=O)C[C@@H]1NC(=O)c2ccccc2NC1=O. The molecule has 0 radical (unpaired) electrons. The first kappa shape index (κ1) is 14.0. The zero-order chi connectivity index (χ0) is 14.5. The van der Waals surface area contributed by atoms with Crippen LogP contribution in [0.1, 0.15) is 30.1 Å². The molecule has 3 N–H and O–H groups in total. The molecule has 0 fully saturated rings. The van der Waals surface area contributed by atoms with Crippen LogP contribution in [0.5, 0.6) is 0 Å². The Bertz CT molecular complexity index is 542. The lowest BCUT2D eigenvalue weighted by atomic mass is 10.1. The minimum Gasteiger partial charge on any atom is -0.356 e. The Morgan fingerprint density at radius 2 is 2.05 bits per heavy atom. The molecule has 3 amide bonds. The van der Waals surface area contributed by atoms with Crippen LogP contribution in [-0.2, 0) is 9.59 Å². The molecule has 0 aliphatic carbocycles. The van der Waals surface area contributed by atoms with Crippen molar-refractivity contribution in [1.29, 1.82) is 0 Å². The molecule has 2 rings (SSSR count). The Kier molecular flexibility index (Phi) is 4.34. The fraction of sp³-hybridized carbons (Fsp3) is 0.357.